The molecule has 1 atom stereocenters. The summed E-state index contributed by atoms with van der Waals surface area (Å²) in [7, 11) is 1.94. The summed E-state index contributed by atoms with van der Waals surface area (Å²) in [6.45, 7) is 9.30. The molecule has 0 N–H and O–H groups in total. The fourth-order valence-corrected chi connectivity index (χ4v) is 3.69. The summed E-state index contributed by atoms with van der Waals surface area (Å²) in [5.74, 6) is 0. The summed E-state index contributed by atoms with van der Waals surface area (Å²) in [6, 6.07) is 15.6. The molecular formula is C20H17N7S. The van der Waals surface area contributed by atoms with Gasteiger partial charge in [0.2, 0.25) is 0 Å². The van der Waals surface area contributed by atoms with E-state index in [1.54, 1.807) is 28.8 Å². The lowest BCUT2D eigenvalue weighted by Gasteiger charge is -2.12. The number of nitrogens with zero attached hydrogens (tertiary/aromatic N) is 7. The van der Waals surface area contributed by atoms with Gasteiger partial charge in [0.15, 0.2) is 10.8 Å². The van der Waals surface area contributed by atoms with E-state index in [4.69, 9.17) is 6.57 Å². The normalized spacial score (nSPS) is 11.9. The Balaban J connectivity index is 1.59. The highest BCUT2D eigenvalue weighted by molar-refractivity contribution is 7.99. The van der Waals surface area contributed by atoms with Crippen molar-refractivity contribution in [2.45, 2.75) is 17.3 Å². The lowest BCUT2D eigenvalue weighted by molar-refractivity contribution is 0.784. The van der Waals surface area contributed by atoms with Crippen LogP contribution in [0.2, 0.25) is 0 Å². The maximum absolute atomic E-state index is 7.16. The van der Waals surface area contributed by atoms with Gasteiger partial charge in [-0.3, -0.25) is 0 Å². The first-order valence-corrected chi connectivity index (χ1v) is 9.53. The lowest BCUT2D eigenvalue weighted by Crippen LogP contribution is -1.98. The second-order valence-corrected chi connectivity index (χ2v) is 7.60. The van der Waals surface area contributed by atoms with Crippen molar-refractivity contribution in [3.05, 3.63) is 78.0 Å². The Morgan fingerprint density at radius 1 is 1.11 bits per heavy atom. The van der Waals surface area contributed by atoms with Gasteiger partial charge in [-0.25, -0.2) is 9.53 Å². The molecule has 0 saturated carbocycles. The monoisotopic (exact) mass is 387 g/mol. The van der Waals surface area contributed by atoms with E-state index in [-0.39, 0.29) is 5.25 Å². The third-order valence-corrected chi connectivity index (χ3v) is 5.53. The lowest BCUT2D eigenvalue weighted by atomic mass is 10.1. The number of aryl methyl sites for hydroxylation is 1. The third kappa shape index (κ3) is 3.66. The third-order valence-electron chi connectivity index (χ3n) is 4.32. The van der Waals surface area contributed by atoms with Crippen LogP contribution in [0.4, 0.5) is 5.69 Å². The van der Waals surface area contributed by atoms with Crippen LogP contribution in [-0.2, 0) is 7.05 Å². The predicted molar refractivity (Wildman–Crippen MR) is 108 cm³/mol. The summed E-state index contributed by atoms with van der Waals surface area (Å²) in [5.41, 5.74) is 4.30. The van der Waals surface area contributed by atoms with Gasteiger partial charge < -0.3 is 4.57 Å². The summed E-state index contributed by atoms with van der Waals surface area (Å²) in [4.78, 5) is 3.47. The SMILES string of the molecule is [C-]#[N+]c1cccc(-c2cn(-c3cccc([C@H](C)Sc4nncn4C)c3)nn2)c1. The van der Waals surface area contributed by atoms with E-state index in [1.807, 2.05) is 48.1 Å². The van der Waals surface area contributed by atoms with Crippen molar-refractivity contribution in [1.29, 1.82) is 0 Å². The first kappa shape index (κ1) is 17.9. The van der Waals surface area contributed by atoms with Gasteiger partial charge in [-0.15, -0.1) is 15.3 Å². The zero-order chi connectivity index (χ0) is 19.5. The van der Waals surface area contributed by atoms with Crippen molar-refractivity contribution < 1.29 is 0 Å². The summed E-state index contributed by atoms with van der Waals surface area (Å²) in [5, 5.41) is 17.7. The average Bonchev–Trinajstić information content (AvgIpc) is 3.38. The molecule has 0 unspecified atom stereocenters. The molecular weight excluding hydrogens is 370 g/mol. The average molecular weight is 387 g/mol. The molecule has 2 aromatic carbocycles. The van der Waals surface area contributed by atoms with Crippen LogP contribution in [0.5, 0.6) is 0 Å². The molecule has 28 heavy (non-hydrogen) atoms. The van der Waals surface area contributed by atoms with Crippen LogP contribution in [0.15, 0.2) is 66.2 Å². The molecule has 0 bridgehead atoms. The van der Waals surface area contributed by atoms with Crippen molar-refractivity contribution in [1.82, 2.24) is 29.8 Å². The summed E-state index contributed by atoms with van der Waals surface area (Å²) in [6.07, 6.45) is 3.58. The minimum atomic E-state index is 0.209. The van der Waals surface area contributed by atoms with Crippen LogP contribution in [-0.4, -0.2) is 29.8 Å². The molecule has 0 aliphatic heterocycles. The number of thioether (sulfide) groups is 1. The van der Waals surface area contributed by atoms with Crippen molar-refractivity contribution in [3.63, 3.8) is 0 Å². The molecule has 4 aromatic rings. The van der Waals surface area contributed by atoms with Crippen LogP contribution in [0.3, 0.4) is 0 Å². The Morgan fingerprint density at radius 3 is 2.75 bits per heavy atom. The first-order valence-electron chi connectivity index (χ1n) is 8.65. The molecule has 8 heteroatoms. The quantitative estimate of drug-likeness (QED) is 0.373. The first-order chi connectivity index (χ1) is 13.6. The van der Waals surface area contributed by atoms with Crippen molar-refractivity contribution in [2.24, 2.45) is 7.05 Å². The Kier molecular flexibility index (Phi) is 4.91. The van der Waals surface area contributed by atoms with Crippen molar-refractivity contribution in [2.75, 3.05) is 0 Å². The standard InChI is InChI=1S/C20H17N7S/c1-14(28-20-24-22-13-26(20)3)15-6-5-9-18(11-15)27-12-19(23-25-27)16-7-4-8-17(10-16)21-2/h4-14H,1,3H3/t14-/m0/s1. The Hall–Kier alpha value is -3.44. The molecule has 0 aliphatic carbocycles. The van der Waals surface area contributed by atoms with E-state index in [0.29, 0.717) is 5.69 Å². The number of aromatic nitrogens is 6. The fraction of sp³-hybridized carbons (Fsp3) is 0.150. The minimum Gasteiger partial charge on any atom is -0.312 e. The maximum atomic E-state index is 7.16. The summed E-state index contributed by atoms with van der Waals surface area (Å²) < 4.78 is 3.66. The van der Waals surface area contributed by atoms with Crippen LogP contribution < -0.4 is 0 Å². The predicted octanol–water partition coefficient (Wildman–Crippen LogP) is 4.47. The number of hydrogen-bond donors (Lipinski definition) is 0. The van der Waals surface area contributed by atoms with Crippen LogP contribution >= 0.6 is 11.8 Å². The van der Waals surface area contributed by atoms with Gasteiger partial charge in [0.1, 0.15) is 12.0 Å². The molecule has 0 fully saturated rings. The highest BCUT2D eigenvalue weighted by Crippen LogP contribution is 2.34. The summed E-state index contributed by atoms with van der Waals surface area (Å²) >= 11 is 1.66. The van der Waals surface area contributed by atoms with Gasteiger partial charge in [-0.05, 0) is 36.2 Å². The number of hydrogen-bond acceptors (Lipinski definition) is 5. The molecule has 4 rings (SSSR count). The van der Waals surface area contributed by atoms with Crippen LogP contribution in [0, 0.1) is 6.57 Å². The van der Waals surface area contributed by atoms with E-state index in [0.717, 1.165) is 27.7 Å². The molecule has 138 valence electrons. The minimum absolute atomic E-state index is 0.209. The molecule has 2 heterocycles. The fourth-order valence-electron chi connectivity index (χ4n) is 2.78. The Bertz CT molecular complexity index is 1160. The van der Waals surface area contributed by atoms with E-state index >= 15 is 0 Å². The Labute approximate surface area is 166 Å². The highest BCUT2D eigenvalue weighted by atomic mass is 32.2. The number of rotatable bonds is 5. The molecule has 0 saturated heterocycles. The van der Waals surface area contributed by atoms with Gasteiger partial charge in [0.05, 0.1) is 18.5 Å². The van der Waals surface area contributed by atoms with Gasteiger partial charge in [-0.1, -0.05) is 47.3 Å². The largest absolute Gasteiger partial charge is 0.312 e. The van der Waals surface area contributed by atoms with Gasteiger partial charge in [-0.2, -0.15) is 0 Å². The van der Waals surface area contributed by atoms with E-state index < -0.39 is 0 Å². The highest BCUT2D eigenvalue weighted by Gasteiger charge is 2.13. The molecule has 0 radical (unpaired) electrons. The zero-order valence-electron chi connectivity index (χ0n) is 15.4. The second-order valence-electron chi connectivity index (χ2n) is 6.29. The van der Waals surface area contributed by atoms with E-state index in [1.165, 1.54) is 0 Å². The van der Waals surface area contributed by atoms with E-state index in [9.17, 15) is 0 Å². The smallest absolute Gasteiger partial charge is 0.191 e. The van der Waals surface area contributed by atoms with Gasteiger partial charge in [0, 0.05) is 12.3 Å². The maximum Gasteiger partial charge on any atom is 0.191 e. The van der Waals surface area contributed by atoms with Crippen molar-refractivity contribution >= 4 is 17.4 Å². The Morgan fingerprint density at radius 2 is 1.96 bits per heavy atom. The molecule has 0 amide bonds. The molecule has 0 spiro atoms. The van der Waals surface area contributed by atoms with Gasteiger partial charge >= 0.3 is 0 Å². The van der Waals surface area contributed by atoms with E-state index in [2.05, 4.69) is 44.4 Å². The zero-order valence-corrected chi connectivity index (χ0v) is 16.2. The van der Waals surface area contributed by atoms with Crippen LogP contribution in [0.1, 0.15) is 17.7 Å². The second kappa shape index (κ2) is 7.66. The van der Waals surface area contributed by atoms with Crippen molar-refractivity contribution in [3.8, 4) is 16.9 Å². The topological polar surface area (TPSA) is 65.8 Å². The van der Waals surface area contributed by atoms with Gasteiger partial charge in [0.25, 0.3) is 0 Å². The molecule has 0 aliphatic rings. The molecule has 7 nitrogen and oxygen atoms in total. The number of benzene rings is 2. The van der Waals surface area contributed by atoms with Crippen LogP contribution in [0.25, 0.3) is 21.8 Å². The molecule has 2 aromatic heterocycles.